The van der Waals surface area contributed by atoms with E-state index < -0.39 is 22.0 Å². The molecule has 0 radical (unpaired) electrons. The van der Waals surface area contributed by atoms with E-state index in [-0.39, 0.29) is 5.39 Å². The van der Waals surface area contributed by atoms with E-state index in [0.717, 1.165) is 16.1 Å². The molecule has 6 nitrogen and oxygen atoms in total. The highest BCUT2D eigenvalue weighted by molar-refractivity contribution is 7.86. The third-order valence-electron chi connectivity index (χ3n) is 2.31. The Morgan fingerprint density at radius 1 is 1.25 bits per heavy atom. The van der Waals surface area contributed by atoms with Crippen LogP contribution in [0.25, 0.3) is 11.0 Å². The fourth-order valence-electron chi connectivity index (χ4n) is 1.45. The van der Waals surface area contributed by atoms with Crippen LogP contribution in [0.1, 0.15) is 0 Å². The van der Waals surface area contributed by atoms with Gasteiger partial charge in [-0.25, -0.2) is 4.79 Å². The van der Waals surface area contributed by atoms with Gasteiger partial charge in [0.2, 0.25) is 0 Å². The molecule has 0 aliphatic carbocycles. The molecule has 2 aromatic rings. The van der Waals surface area contributed by atoms with Crippen molar-refractivity contribution in [2.24, 2.45) is 14.1 Å². The molecule has 2 aromatic heterocycles. The summed E-state index contributed by atoms with van der Waals surface area (Å²) in [5.74, 6) is 0. The van der Waals surface area contributed by atoms with Gasteiger partial charge in [0.15, 0.2) is 5.65 Å². The molecule has 0 aliphatic rings. The van der Waals surface area contributed by atoms with E-state index in [1.165, 1.54) is 24.9 Å². The second-order valence-electron chi connectivity index (χ2n) is 3.33. The summed E-state index contributed by atoms with van der Waals surface area (Å²) in [6.45, 7) is 0. The third kappa shape index (κ3) is 1.37. The van der Waals surface area contributed by atoms with Crippen LogP contribution in [0.3, 0.4) is 0 Å². The molecule has 0 spiro atoms. The summed E-state index contributed by atoms with van der Waals surface area (Å²) in [5.41, 5.74) is -0.586. The maximum absolute atomic E-state index is 11.9. The Kier molecular flexibility index (Phi) is 2.55. The minimum absolute atomic E-state index is 0.274. The van der Waals surface area contributed by atoms with E-state index in [0.29, 0.717) is 9.86 Å². The largest absolute Gasteiger partial charge is 0.332 e. The van der Waals surface area contributed by atoms with E-state index in [1.54, 1.807) is 0 Å². The number of hydrogen-bond acceptors (Lipinski definition) is 5. The summed E-state index contributed by atoms with van der Waals surface area (Å²) in [6, 6.07) is 0. The van der Waals surface area contributed by atoms with Crippen LogP contribution >= 0.6 is 11.5 Å². The maximum atomic E-state index is 11.9. The van der Waals surface area contributed by atoms with Crippen molar-refractivity contribution in [2.75, 3.05) is 6.26 Å². The summed E-state index contributed by atoms with van der Waals surface area (Å²) >= 11 is 0.993. The molecule has 1 atom stereocenters. The fourth-order valence-corrected chi connectivity index (χ4v) is 3.10. The van der Waals surface area contributed by atoms with Crippen molar-refractivity contribution >= 4 is 33.4 Å². The second kappa shape index (κ2) is 3.63. The summed E-state index contributed by atoms with van der Waals surface area (Å²) < 4.78 is 18.1. The number of fused-ring (bicyclic) bond motifs is 1. The highest BCUT2D eigenvalue weighted by Crippen LogP contribution is 2.20. The Morgan fingerprint density at radius 3 is 2.44 bits per heavy atom. The van der Waals surface area contributed by atoms with E-state index in [9.17, 15) is 13.8 Å². The average Bonchev–Trinajstić information content (AvgIpc) is 2.67. The van der Waals surface area contributed by atoms with Gasteiger partial charge in [0.25, 0.3) is 5.56 Å². The smallest absolute Gasteiger partial charge is 0.280 e. The van der Waals surface area contributed by atoms with Crippen molar-refractivity contribution in [3.05, 3.63) is 20.8 Å². The van der Waals surface area contributed by atoms with Crippen molar-refractivity contribution in [1.82, 2.24) is 13.5 Å². The first kappa shape index (κ1) is 11.2. The first-order valence-electron chi connectivity index (χ1n) is 4.34. The molecule has 16 heavy (non-hydrogen) atoms. The second-order valence-corrected chi connectivity index (χ2v) is 5.68. The van der Waals surface area contributed by atoms with Crippen LogP contribution in [0.2, 0.25) is 0 Å². The Hall–Kier alpha value is -1.28. The predicted molar refractivity (Wildman–Crippen MR) is 62.4 cm³/mol. The van der Waals surface area contributed by atoms with Gasteiger partial charge >= 0.3 is 5.69 Å². The zero-order valence-electron chi connectivity index (χ0n) is 8.88. The molecule has 0 saturated heterocycles. The van der Waals surface area contributed by atoms with Crippen molar-refractivity contribution in [3.63, 3.8) is 0 Å². The molecular weight excluding hydrogens is 250 g/mol. The van der Waals surface area contributed by atoms with Gasteiger partial charge in [-0.05, 0) is 11.5 Å². The average molecular weight is 259 g/mol. The minimum atomic E-state index is -1.28. The lowest BCUT2D eigenvalue weighted by atomic mass is 10.4. The maximum Gasteiger partial charge on any atom is 0.332 e. The topological polar surface area (TPSA) is 74.0 Å². The molecule has 2 rings (SSSR count). The van der Waals surface area contributed by atoms with Crippen LogP contribution in [-0.4, -0.2) is 24.0 Å². The molecular formula is C8H9N3O3S2. The van der Waals surface area contributed by atoms with Crippen LogP contribution in [0, 0.1) is 0 Å². The number of hydrogen-bond donors (Lipinski definition) is 0. The SMILES string of the molecule is Cn1c(=O)c2c([S@@](C)=O)snc2n(C)c1=O. The lowest BCUT2D eigenvalue weighted by Crippen LogP contribution is -2.37. The first-order valence-corrected chi connectivity index (χ1v) is 6.67. The van der Waals surface area contributed by atoms with Crippen LogP contribution in [0.4, 0.5) is 0 Å². The van der Waals surface area contributed by atoms with E-state index in [2.05, 4.69) is 4.37 Å². The Bertz CT molecular complexity index is 710. The lowest BCUT2D eigenvalue weighted by molar-refractivity contribution is 0.687. The third-order valence-corrected chi connectivity index (χ3v) is 4.60. The number of nitrogens with zero attached hydrogens (tertiary/aromatic N) is 3. The van der Waals surface area contributed by atoms with Gasteiger partial charge in [0.1, 0.15) is 9.60 Å². The molecule has 0 saturated carbocycles. The molecule has 2 heterocycles. The van der Waals surface area contributed by atoms with Gasteiger partial charge in [-0.2, -0.15) is 4.37 Å². The predicted octanol–water partition coefficient (Wildman–Crippen LogP) is -0.569. The van der Waals surface area contributed by atoms with Crippen molar-refractivity contribution in [2.45, 2.75) is 4.21 Å². The quantitative estimate of drug-likeness (QED) is 0.687. The summed E-state index contributed by atoms with van der Waals surface area (Å²) in [5, 5.41) is 0.274. The van der Waals surface area contributed by atoms with E-state index in [4.69, 9.17) is 0 Å². The molecule has 0 unspecified atom stereocenters. The molecule has 0 amide bonds. The van der Waals surface area contributed by atoms with Crippen LogP contribution < -0.4 is 11.2 Å². The molecule has 0 aromatic carbocycles. The van der Waals surface area contributed by atoms with Gasteiger partial charge in [-0.3, -0.25) is 18.1 Å². The molecule has 0 bridgehead atoms. The number of aromatic nitrogens is 3. The van der Waals surface area contributed by atoms with E-state index >= 15 is 0 Å². The van der Waals surface area contributed by atoms with Gasteiger partial charge in [-0.1, -0.05) is 0 Å². The molecule has 8 heteroatoms. The van der Waals surface area contributed by atoms with Crippen LogP contribution in [0.15, 0.2) is 13.8 Å². The molecule has 0 N–H and O–H groups in total. The Balaban J connectivity index is 3.13. The number of aryl methyl sites for hydroxylation is 1. The van der Waals surface area contributed by atoms with Crippen LogP contribution in [0.5, 0.6) is 0 Å². The van der Waals surface area contributed by atoms with Crippen molar-refractivity contribution < 1.29 is 4.21 Å². The molecule has 0 fully saturated rings. The first-order chi connectivity index (χ1) is 7.45. The lowest BCUT2D eigenvalue weighted by Gasteiger charge is -2.02. The fraction of sp³-hybridized carbons (Fsp3) is 0.375. The monoisotopic (exact) mass is 259 g/mol. The zero-order valence-corrected chi connectivity index (χ0v) is 10.5. The summed E-state index contributed by atoms with van der Waals surface area (Å²) in [7, 11) is 1.65. The summed E-state index contributed by atoms with van der Waals surface area (Å²) in [4.78, 5) is 23.5. The highest BCUT2D eigenvalue weighted by Gasteiger charge is 2.17. The highest BCUT2D eigenvalue weighted by atomic mass is 32.2. The Morgan fingerprint density at radius 2 is 1.88 bits per heavy atom. The number of rotatable bonds is 1. The normalized spacial score (nSPS) is 13.2. The van der Waals surface area contributed by atoms with Gasteiger partial charge in [0.05, 0.1) is 10.8 Å². The van der Waals surface area contributed by atoms with Gasteiger partial charge in [-0.15, -0.1) is 0 Å². The van der Waals surface area contributed by atoms with Crippen LogP contribution in [-0.2, 0) is 24.9 Å². The minimum Gasteiger partial charge on any atom is -0.280 e. The van der Waals surface area contributed by atoms with Crippen molar-refractivity contribution in [1.29, 1.82) is 0 Å². The Labute approximate surface area is 96.8 Å². The van der Waals surface area contributed by atoms with E-state index in [1.807, 2.05) is 0 Å². The van der Waals surface area contributed by atoms with Crippen molar-refractivity contribution in [3.8, 4) is 0 Å². The zero-order chi connectivity index (χ0) is 12.0. The summed E-state index contributed by atoms with van der Waals surface area (Å²) in [6.07, 6.45) is 1.48. The molecule has 0 aliphatic heterocycles. The van der Waals surface area contributed by atoms with Gasteiger partial charge < -0.3 is 0 Å². The molecule has 86 valence electrons. The standard InChI is InChI=1S/C8H9N3O3S2/c1-10-5-4(6(12)11(2)8(10)13)7(15-9-5)16(3)14/h1-3H3/t16-/m1/s1. The van der Waals surface area contributed by atoms with Gasteiger partial charge in [0, 0.05) is 20.4 Å².